The number of hydrogen-bond donors (Lipinski definition) is 0. The van der Waals surface area contributed by atoms with E-state index in [-0.39, 0.29) is 0 Å². The van der Waals surface area contributed by atoms with Gasteiger partial charge in [-0.25, -0.2) is 0 Å². The number of fused-ring (bicyclic) bond motifs is 1. The number of hydrogen-bond acceptors (Lipinski definition) is 4. The molecule has 0 fully saturated rings. The predicted molar refractivity (Wildman–Crippen MR) is 80.9 cm³/mol. The van der Waals surface area contributed by atoms with Gasteiger partial charge in [-0.15, -0.1) is 0 Å². The van der Waals surface area contributed by atoms with Crippen LogP contribution in [0.3, 0.4) is 0 Å². The van der Waals surface area contributed by atoms with Crippen LogP contribution < -0.4 is 0 Å². The summed E-state index contributed by atoms with van der Waals surface area (Å²) in [5.41, 5.74) is 2.73. The minimum absolute atomic E-state index is 0.491. The van der Waals surface area contributed by atoms with E-state index in [1.165, 1.54) is 0 Å². The van der Waals surface area contributed by atoms with Gasteiger partial charge in [0.25, 0.3) is 5.89 Å². The lowest BCUT2D eigenvalue weighted by Gasteiger charge is -2.05. The van der Waals surface area contributed by atoms with Gasteiger partial charge in [-0.3, -0.25) is 4.98 Å². The lowest BCUT2D eigenvalue weighted by Crippen LogP contribution is -1.89. The molecule has 0 N–H and O–H groups in total. The molecular weight excluding hydrogens is 274 g/mol. The zero-order valence-corrected chi connectivity index (χ0v) is 12.7. The van der Waals surface area contributed by atoms with Gasteiger partial charge in [-0.1, -0.05) is 42.7 Å². The zero-order chi connectivity index (χ0) is 14.7. The fraction of sp³-hybridized carbons (Fsp3) is 0.267. The van der Waals surface area contributed by atoms with E-state index in [9.17, 15) is 0 Å². The Kier molecular flexibility index (Phi) is 4.35. The third-order valence-electron chi connectivity index (χ3n) is 2.77. The first kappa shape index (κ1) is 14.5. The van der Waals surface area contributed by atoms with Crippen molar-refractivity contribution in [3.8, 4) is 11.5 Å². The summed E-state index contributed by atoms with van der Waals surface area (Å²) in [6.07, 6.45) is 1.62. The smallest absolute Gasteiger partial charge is 0.260 e. The fourth-order valence-electron chi connectivity index (χ4n) is 1.94. The molecule has 0 radical (unpaired) electrons. The molecule has 0 aliphatic carbocycles. The molecule has 0 spiro atoms. The Morgan fingerprint density at radius 2 is 1.90 bits per heavy atom. The average molecular weight is 290 g/mol. The van der Waals surface area contributed by atoms with Crippen molar-refractivity contribution < 1.29 is 4.52 Å². The highest BCUT2D eigenvalue weighted by atomic mass is 35.5. The summed E-state index contributed by atoms with van der Waals surface area (Å²) in [7, 11) is 0. The molecule has 3 rings (SSSR count). The van der Waals surface area contributed by atoms with E-state index in [1.54, 1.807) is 13.1 Å². The summed E-state index contributed by atoms with van der Waals surface area (Å²) in [4.78, 5) is 8.63. The minimum atomic E-state index is 0.491. The van der Waals surface area contributed by atoms with Gasteiger partial charge < -0.3 is 4.52 Å². The summed E-state index contributed by atoms with van der Waals surface area (Å²) in [5, 5.41) is 5.39. The second kappa shape index (κ2) is 6.01. The van der Waals surface area contributed by atoms with Crippen molar-refractivity contribution in [1.82, 2.24) is 15.1 Å². The van der Waals surface area contributed by atoms with E-state index in [1.807, 2.05) is 39.0 Å². The average Bonchev–Trinajstić information content (AvgIpc) is 2.87. The number of aryl methyl sites for hydroxylation is 2. The van der Waals surface area contributed by atoms with E-state index in [0.717, 1.165) is 22.0 Å². The topological polar surface area (TPSA) is 51.8 Å². The van der Waals surface area contributed by atoms with Gasteiger partial charge in [0, 0.05) is 11.6 Å². The number of pyridine rings is 1. The van der Waals surface area contributed by atoms with E-state index in [2.05, 4.69) is 15.1 Å². The molecule has 2 heterocycles. The molecule has 0 aliphatic rings. The Morgan fingerprint density at radius 1 is 1.15 bits per heavy atom. The highest BCUT2D eigenvalue weighted by Crippen LogP contribution is 2.30. The maximum absolute atomic E-state index is 5.95. The Morgan fingerprint density at radius 3 is 2.55 bits per heavy atom. The zero-order valence-electron chi connectivity index (χ0n) is 11.9. The highest BCUT2D eigenvalue weighted by Gasteiger charge is 2.14. The maximum atomic E-state index is 5.95. The van der Waals surface area contributed by atoms with Crippen LogP contribution in [0, 0.1) is 13.8 Å². The van der Waals surface area contributed by atoms with Crippen molar-refractivity contribution in [2.45, 2.75) is 27.7 Å². The van der Waals surface area contributed by atoms with Crippen LogP contribution in [0.1, 0.15) is 25.2 Å². The number of rotatable bonds is 1. The quantitative estimate of drug-likeness (QED) is 0.658. The van der Waals surface area contributed by atoms with Crippen molar-refractivity contribution >= 4 is 22.5 Å². The lowest BCUT2D eigenvalue weighted by molar-refractivity contribution is 0.425. The summed E-state index contributed by atoms with van der Waals surface area (Å²) < 4.78 is 5.24. The molecule has 2 aromatic heterocycles. The van der Waals surface area contributed by atoms with Crippen LogP contribution in [-0.4, -0.2) is 15.1 Å². The van der Waals surface area contributed by atoms with Crippen molar-refractivity contribution in [2.75, 3.05) is 0 Å². The highest BCUT2D eigenvalue weighted by molar-refractivity contribution is 6.31. The first-order valence-corrected chi connectivity index (χ1v) is 6.88. The molecule has 0 amide bonds. The van der Waals surface area contributed by atoms with E-state index >= 15 is 0 Å². The van der Waals surface area contributed by atoms with Crippen LogP contribution >= 0.6 is 11.6 Å². The maximum Gasteiger partial charge on any atom is 0.260 e. The van der Waals surface area contributed by atoms with E-state index in [0.29, 0.717) is 16.7 Å². The third-order valence-corrected chi connectivity index (χ3v) is 2.98. The molecule has 0 aliphatic heterocycles. The Labute approximate surface area is 122 Å². The SMILES string of the molecule is CC.Cc1noc(-c2c(C)ccc3cc(Cl)cnc23)n1. The van der Waals surface area contributed by atoms with E-state index in [4.69, 9.17) is 16.1 Å². The molecule has 0 atom stereocenters. The first-order chi connectivity index (χ1) is 9.65. The molecule has 3 aromatic rings. The van der Waals surface area contributed by atoms with Crippen LogP contribution in [0.4, 0.5) is 0 Å². The molecule has 104 valence electrons. The monoisotopic (exact) mass is 289 g/mol. The molecule has 0 unspecified atom stereocenters. The second-order valence-electron chi connectivity index (χ2n) is 4.13. The molecule has 5 heteroatoms. The van der Waals surface area contributed by atoms with Gasteiger partial charge in [0.2, 0.25) is 0 Å². The normalized spacial score (nSPS) is 10.2. The van der Waals surface area contributed by atoms with Gasteiger partial charge in [-0.05, 0) is 25.5 Å². The van der Waals surface area contributed by atoms with Crippen LogP contribution in [0.15, 0.2) is 28.9 Å². The minimum Gasteiger partial charge on any atom is -0.334 e. The first-order valence-electron chi connectivity index (χ1n) is 6.51. The molecule has 0 saturated carbocycles. The largest absolute Gasteiger partial charge is 0.334 e. The van der Waals surface area contributed by atoms with Gasteiger partial charge in [0.1, 0.15) is 0 Å². The molecule has 0 bridgehead atoms. The Hall–Kier alpha value is -1.94. The van der Waals surface area contributed by atoms with Crippen LogP contribution in [0.5, 0.6) is 0 Å². The van der Waals surface area contributed by atoms with Crippen molar-refractivity contribution in [3.63, 3.8) is 0 Å². The molecule has 20 heavy (non-hydrogen) atoms. The van der Waals surface area contributed by atoms with Crippen LogP contribution in [0.25, 0.3) is 22.4 Å². The summed E-state index contributed by atoms with van der Waals surface area (Å²) in [6.45, 7) is 7.78. The van der Waals surface area contributed by atoms with Gasteiger partial charge in [0.05, 0.1) is 16.1 Å². The predicted octanol–water partition coefficient (Wildman–Crippen LogP) is 4.58. The molecule has 1 aromatic carbocycles. The fourth-order valence-corrected chi connectivity index (χ4v) is 2.11. The third kappa shape index (κ3) is 2.65. The number of aromatic nitrogens is 3. The number of halogens is 1. The standard InChI is InChI=1S/C13H10ClN3O.C2H6/c1-7-3-4-9-5-10(14)6-15-12(9)11(7)13-16-8(2)17-18-13;1-2/h3-6H,1-2H3;1-2H3. The van der Waals surface area contributed by atoms with Crippen LogP contribution in [-0.2, 0) is 0 Å². The van der Waals surface area contributed by atoms with Crippen molar-refractivity contribution in [2.24, 2.45) is 0 Å². The van der Waals surface area contributed by atoms with Crippen molar-refractivity contribution in [1.29, 1.82) is 0 Å². The van der Waals surface area contributed by atoms with E-state index < -0.39 is 0 Å². The van der Waals surface area contributed by atoms with Crippen LogP contribution in [0.2, 0.25) is 5.02 Å². The number of benzene rings is 1. The Balaban J connectivity index is 0.000000704. The summed E-state index contributed by atoms with van der Waals surface area (Å²) in [6, 6.07) is 5.85. The van der Waals surface area contributed by atoms with Gasteiger partial charge >= 0.3 is 0 Å². The van der Waals surface area contributed by atoms with Gasteiger partial charge in [0.15, 0.2) is 5.82 Å². The molecule has 4 nitrogen and oxygen atoms in total. The van der Waals surface area contributed by atoms with Crippen molar-refractivity contribution in [3.05, 3.63) is 40.8 Å². The van der Waals surface area contributed by atoms with Gasteiger partial charge in [-0.2, -0.15) is 4.98 Å². The number of nitrogens with zero attached hydrogens (tertiary/aromatic N) is 3. The second-order valence-corrected chi connectivity index (χ2v) is 4.57. The summed E-state index contributed by atoms with van der Waals surface area (Å²) in [5.74, 6) is 1.10. The molecule has 0 saturated heterocycles. The summed E-state index contributed by atoms with van der Waals surface area (Å²) >= 11 is 5.95. The lowest BCUT2D eigenvalue weighted by atomic mass is 10.0. The Bertz CT molecular complexity index is 737. The molecular formula is C15H16ClN3O.